The summed E-state index contributed by atoms with van der Waals surface area (Å²) >= 11 is 0. The van der Waals surface area contributed by atoms with Gasteiger partial charge in [-0.2, -0.15) is 0 Å². The number of amides is 1. The number of nitrogens with zero attached hydrogens (tertiary/aromatic N) is 1. The Labute approximate surface area is 297 Å². The Balaban J connectivity index is 4.43. The average molecular weight is 703 g/mol. The first kappa shape index (κ1) is 47.2. The van der Waals surface area contributed by atoms with Crippen molar-refractivity contribution < 1.29 is 32.9 Å². The number of carbonyl (C=O) groups is 1. The van der Waals surface area contributed by atoms with Gasteiger partial charge in [0.25, 0.3) is 7.82 Å². The number of rotatable bonds is 36. The van der Waals surface area contributed by atoms with Crippen LogP contribution in [0.15, 0.2) is 12.2 Å². The third kappa shape index (κ3) is 33.7. The van der Waals surface area contributed by atoms with E-state index in [0.29, 0.717) is 23.9 Å². The van der Waals surface area contributed by atoms with Crippen LogP contribution >= 0.6 is 7.82 Å². The second-order valence-electron chi connectivity index (χ2n) is 15.0. The van der Waals surface area contributed by atoms with Crippen LogP contribution in [0.5, 0.6) is 0 Å². The van der Waals surface area contributed by atoms with E-state index in [1.807, 2.05) is 21.1 Å². The molecule has 0 bridgehead atoms. The first-order chi connectivity index (χ1) is 23.0. The molecule has 0 rings (SSSR count). The van der Waals surface area contributed by atoms with Crippen molar-refractivity contribution in [3.8, 4) is 0 Å². The second kappa shape index (κ2) is 32.2. The van der Waals surface area contributed by atoms with Gasteiger partial charge in [0.15, 0.2) is 0 Å². The number of phosphoric ester groups is 1. The van der Waals surface area contributed by atoms with E-state index in [2.05, 4.69) is 31.3 Å². The fourth-order valence-electron chi connectivity index (χ4n) is 5.74. The van der Waals surface area contributed by atoms with Gasteiger partial charge in [-0.15, -0.1) is 0 Å². The SMILES string of the molecule is CCCCCCCC/C=C\CCCCCCCC(=O)NC(COP(=O)([O-])OCC[N+](C)(C)C)C(O)CCCCCCCCCCCCC. The van der Waals surface area contributed by atoms with E-state index in [-0.39, 0.29) is 19.1 Å². The van der Waals surface area contributed by atoms with Crippen molar-refractivity contribution in [2.75, 3.05) is 40.9 Å². The van der Waals surface area contributed by atoms with Crippen LogP contribution in [0.2, 0.25) is 0 Å². The van der Waals surface area contributed by atoms with Crippen molar-refractivity contribution in [2.24, 2.45) is 0 Å². The number of phosphoric acid groups is 1. The van der Waals surface area contributed by atoms with Crippen molar-refractivity contribution in [1.29, 1.82) is 0 Å². The van der Waals surface area contributed by atoms with Gasteiger partial charge in [-0.05, 0) is 38.5 Å². The molecule has 0 spiro atoms. The highest BCUT2D eigenvalue weighted by molar-refractivity contribution is 7.45. The van der Waals surface area contributed by atoms with Crippen LogP contribution in [0, 0.1) is 0 Å². The number of nitrogens with one attached hydrogen (secondary N) is 1. The number of allylic oxidation sites excluding steroid dienone is 2. The largest absolute Gasteiger partial charge is 0.756 e. The van der Waals surface area contributed by atoms with Gasteiger partial charge >= 0.3 is 0 Å². The van der Waals surface area contributed by atoms with Gasteiger partial charge in [-0.3, -0.25) is 9.36 Å². The zero-order valence-corrected chi connectivity index (χ0v) is 33.1. The normalized spacial score (nSPS) is 14.7. The van der Waals surface area contributed by atoms with Gasteiger partial charge in [0.1, 0.15) is 13.2 Å². The smallest absolute Gasteiger partial charge is 0.268 e. The molecular formula is C39H79N2O6P. The van der Waals surface area contributed by atoms with Crippen LogP contribution in [0.1, 0.15) is 181 Å². The highest BCUT2D eigenvalue weighted by Gasteiger charge is 2.24. The van der Waals surface area contributed by atoms with Gasteiger partial charge in [-0.1, -0.05) is 148 Å². The molecule has 0 aromatic carbocycles. The monoisotopic (exact) mass is 703 g/mol. The van der Waals surface area contributed by atoms with Gasteiger partial charge < -0.3 is 28.8 Å². The number of aliphatic hydroxyl groups excluding tert-OH is 1. The van der Waals surface area contributed by atoms with Crippen LogP contribution < -0.4 is 10.2 Å². The number of likely N-dealkylation sites (N-methyl/N-ethyl adjacent to an activating group) is 1. The lowest BCUT2D eigenvalue weighted by atomic mass is 10.0. The fraction of sp³-hybridized carbons (Fsp3) is 0.923. The first-order valence-corrected chi connectivity index (χ1v) is 21.5. The molecule has 3 unspecified atom stereocenters. The minimum absolute atomic E-state index is 0.0120. The lowest BCUT2D eigenvalue weighted by Gasteiger charge is -2.30. The van der Waals surface area contributed by atoms with Crippen molar-refractivity contribution >= 4 is 13.7 Å². The average Bonchev–Trinajstić information content (AvgIpc) is 3.02. The predicted molar refractivity (Wildman–Crippen MR) is 201 cm³/mol. The van der Waals surface area contributed by atoms with E-state index in [4.69, 9.17) is 9.05 Å². The number of hydrogen-bond donors (Lipinski definition) is 2. The van der Waals surface area contributed by atoms with E-state index in [1.54, 1.807) is 0 Å². The van der Waals surface area contributed by atoms with Crippen LogP contribution in [0.25, 0.3) is 0 Å². The maximum Gasteiger partial charge on any atom is 0.268 e. The molecular weight excluding hydrogens is 623 g/mol. The van der Waals surface area contributed by atoms with Crippen molar-refractivity contribution in [3.05, 3.63) is 12.2 Å². The third-order valence-electron chi connectivity index (χ3n) is 9.00. The number of unbranched alkanes of at least 4 members (excludes halogenated alkanes) is 21. The Morgan fingerprint density at radius 3 is 1.62 bits per heavy atom. The molecule has 0 aromatic rings. The third-order valence-corrected chi connectivity index (χ3v) is 9.97. The summed E-state index contributed by atoms with van der Waals surface area (Å²) in [6.45, 7) is 4.68. The predicted octanol–water partition coefficient (Wildman–Crippen LogP) is 9.78. The molecule has 0 saturated heterocycles. The maximum atomic E-state index is 12.8. The number of quaternary nitrogens is 1. The summed E-state index contributed by atoms with van der Waals surface area (Å²) in [5.74, 6) is -0.175. The Morgan fingerprint density at radius 2 is 1.15 bits per heavy atom. The molecule has 0 heterocycles. The summed E-state index contributed by atoms with van der Waals surface area (Å²) < 4.78 is 23.2. The molecule has 1 amide bonds. The summed E-state index contributed by atoms with van der Waals surface area (Å²) in [6.07, 6.45) is 33.5. The minimum atomic E-state index is -4.55. The zero-order chi connectivity index (χ0) is 35.8. The lowest BCUT2D eigenvalue weighted by molar-refractivity contribution is -0.870. The Bertz CT molecular complexity index is 804. The van der Waals surface area contributed by atoms with Gasteiger partial charge in [0.2, 0.25) is 5.91 Å². The Kier molecular flexibility index (Phi) is 31.7. The molecule has 9 heteroatoms. The molecule has 0 fully saturated rings. The fourth-order valence-corrected chi connectivity index (χ4v) is 6.46. The van der Waals surface area contributed by atoms with Crippen molar-refractivity contribution in [3.63, 3.8) is 0 Å². The summed E-state index contributed by atoms with van der Waals surface area (Å²) in [5.41, 5.74) is 0. The van der Waals surface area contributed by atoms with Crippen LogP contribution in [0.3, 0.4) is 0 Å². The van der Waals surface area contributed by atoms with Crippen LogP contribution in [-0.2, 0) is 18.4 Å². The molecule has 3 atom stereocenters. The van der Waals surface area contributed by atoms with E-state index < -0.39 is 20.0 Å². The van der Waals surface area contributed by atoms with Crippen LogP contribution in [0.4, 0.5) is 0 Å². The van der Waals surface area contributed by atoms with Gasteiger partial charge in [0, 0.05) is 6.42 Å². The molecule has 286 valence electrons. The van der Waals surface area contributed by atoms with Gasteiger partial charge in [-0.25, -0.2) is 0 Å². The maximum absolute atomic E-state index is 12.8. The topological polar surface area (TPSA) is 108 Å². The van der Waals surface area contributed by atoms with E-state index in [0.717, 1.165) is 51.4 Å². The van der Waals surface area contributed by atoms with Crippen LogP contribution in [-0.4, -0.2) is 68.5 Å². The first-order valence-electron chi connectivity index (χ1n) is 20.0. The zero-order valence-electron chi connectivity index (χ0n) is 32.2. The molecule has 0 saturated carbocycles. The Hall–Kier alpha value is -0.760. The quantitative estimate of drug-likeness (QED) is 0.0291. The minimum Gasteiger partial charge on any atom is -0.756 e. The van der Waals surface area contributed by atoms with E-state index in [9.17, 15) is 19.4 Å². The summed E-state index contributed by atoms with van der Waals surface area (Å²) in [7, 11) is 1.30. The second-order valence-corrected chi connectivity index (χ2v) is 16.4. The molecule has 0 aliphatic carbocycles. The molecule has 0 aliphatic heterocycles. The highest BCUT2D eigenvalue weighted by Crippen LogP contribution is 2.38. The van der Waals surface area contributed by atoms with Crippen molar-refractivity contribution in [1.82, 2.24) is 5.32 Å². The molecule has 0 radical (unpaired) electrons. The summed E-state index contributed by atoms with van der Waals surface area (Å²) in [5, 5.41) is 13.8. The molecule has 0 aromatic heterocycles. The van der Waals surface area contributed by atoms with Gasteiger partial charge in [0.05, 0.1) is 39.9 Å². The molecule has 2 N–H and O–H groups in total. The Morgan fingerprint density at radius 1 is 0.708 bits per heavy atom. The highest BCUT2D eigenvalue weighted by atomic mass is 31.2. The number of aliphatic hydroxyl groups is 1. The number of carbonyl (C=O) groups excluding carboxylic acids is 1. The van der Waals surface area contributed by atoms with Crippen molar-refractivity contribution in [2.45, 2.75) is 193 Å². The van der Waals surface area contributed by atoms with E-state index >= 15 is 0 Å². The molecule has 0 aliphatic rings. The molecule has 48 heavy (non-hydrogen) atoms. The molecule has 8 nitrogen and oxygen atoms in total. The van der Waals surface area contributed by atoms with E-state index in [1.165, 1.54) is 103 Å². The standard InChI is InChI=1S/C39H79N2O6P/c1-6-8-10-12-14-16-18-19-20-21-23-25-27-29-31-33-39(43)40-37(36-47-48(44,45)46-35-34-41(3,4)5)38(42)32-30-28-26-24-22-17-15-13-11-9-7-2/h19-20,37-38,42H,6-18,21-36H2,1-5H3,(H-,40,43,44,45)/b20-19-. The lowest BCUT2D eigenvalue weighted by Crippen LogP contribution is -2.46. The summed E-state index contributed by atoms with van der Waals surface area (Å²) in [6, 6.07) is -0.798. The summed E-state index contributed by atoms with van der Waals surface area (Å²) in [4.78, 5) is 25.2. The number of hydrogen-bond acceptors (Lipinski definition) is 6.